The molecule has 2 rings (SSSR count). The van der Waals surface area contributed by atoms with Gasteiger partial charge in [-0.1, -0.05) is 6.07 Å². The van der Waals surface area contributed by atoms with Crippen molar-refractivity contribution in [3.63, 3.8) is 0 Å². The molecule has 2 aromatic rings. The number of para-hydroxylation sites is 1. The van der Waals surface area contributed by atoms with Crippen molar-refractivity contribution in [1.82, 2.24) is 9.55 Å². The predicted octanol–water partition coefficient (Wildman–Crippen LogP) is 1.14. The molecule has 0 aliphatic carbocycles. The van der Waals surface area contributed by atoms with Crippen LogP contribution >= 0.6 is 0 Å². The minimum Gasteiger partial charge on any atom is -0.397 e. The number of hydrogen-bond acceptors (Lipinski definition) is 3. The van der Waals surface area contributed by atoms with Gasteiger partial charge in [-0.3, -0.25) is 0 Å². The zero-order valence-corrected chi connectivity index (χ0v) is 8.90. The first kappa shape index (κ1) is 9.98. The van der Waals surface area contributed by atoms with Crippen LogP contribution in [-0.2, 0) is 13.0 Å². The summed E-state index contributed by atoms with van der Waals surface area (Å²) < 4.78 is 2.17. The van der Waals surface area contributed by atoms with E-state index in [-0.39, 0.29) is 0 Å². The molecule has 4 heteroatoms. The topological polar surface area (TPSA) is 69.9 Å². The van der Waals surface area contributed by atoms with Gasteiger partial charge in [0.05, 0.1) is 11.2 Å². The highest BCUT2D eigenvalue weighted by Gasteiger charge is 2.09. The van der Waals surface area contributed by atoms with Gasteiger partial charge in [0.25, 0.3) is 0 Å². The summed E-state index contributed by atoms with van der Waals surface area (Å²) in [5.74, 6) is 1.02. The van der Waals surface area contributed by atoms with Crippen LogP contribution in [0.4, 0.5) is 5.69 Å². The Labute approximate surface area is 88.9 Å². The zero-order valence-electron chi connectivity index (χ0n) is 8.90. The number of fused-ring (bicyclic) bond motifs is 1. The standard InChI is InChI=1S/C11H16N4/c1-2-15-9-5-3-4-8(13)11(9)14-10(15)6-7-12/h3-5H,2,6-7,12-13H2,1H3. The Morgan fingerprint density at radius 2 is 2.20 bits per heavy atom. The second-order valence-electron chi connectivity index (χ2n) is 3.53. The first-order chi connectivity index (χ1) is 7.27. The quantitative estimate of drug-likeness (QED) is 0.736. The third-order valence-corrected chi connectivity index (χ3v) is 2.57. The largest absolute Gasteiger partial charge is 0.397 e. The summed E-state index contributed by atoms with van der Waals surface area (Å²) in [6, 6.07) is 5.88. The van der Waals surface area contributed by atoms with Gasteiger partial charge < -0.3 is 16.0 Å². The van der Waals surface area contributed by atoms with E-state index in [2.05, 4.69) is 16.5 Å². The highest BCUT2D eigenvalue weighted by molar-refractivity contribution is 5.87. The molecule has 15 heavy (non-hydrogen) atoms. The van der Waals surface area contributed by atoms with E-state index in [1.165, 1.54) is 0 Å². The maximum Gasteiger partial charge on any atom is 0.112 e. The Hall–Kier alpha value is -1.55. The Balaban J connectivity index is 2.67. The van der Waals surface area contributed by atoms with E-state index < -0.39 is 0 Å². The number of nitrogen functional groups attached to an aromatic ring is 1. The van der Waals surface area contributed by atoms with Gasteiger partial charge in [-0.25, -0.2) is 4.98 Å². The number of aryl methyl sites for hydroxylation is 1. The van der Waals surface area contributed by atoms with Crippen LogP contribution in [0.25, 0.3) is 11.0 Å². The van der Waals surface area contributed by atoms with Crippen molar-refractivity contribution in [3.8, 4) is 0 Å². The van der Waals surface area contributed by atoms with Crippen LogP contribution in [0.5, 0.6) is 0 Å². The molecule has 0 unspecified atom stereocenters. The molecule has 1 aromatic heterocycles. The van der Waals surface area contributed by atoms with Crippen LogP contribution in [0.3, 0.4) is 0 Å². The van der Waals surface area contributed by atoms with Crippen LogP contribution in [-0.4, -0.2) is 16.1 Å². The van der Waals surface area contributed by atoms with Crippen molar-refractivity contribution in [2.45, 2.75) is 19.9 Å². The van der Waals surface area contributed by atoms with Crippen molar-refractivity contribution in [2.75, 3.05) is 12.3 Å². The molecule has 1 aromatic carbocycles. The normalized spacial score (nSPS) is 11.1. The first-order valence-electron chi connectivity index (χ1n) is 5.21. The number of anilines is 1. The molecule has 4 nitrogen and oxygen atoms in total. The van der Waals surface area contributed by atoms with Crippen molar-refractivity contribution in [2.24, 2.45) is 5.73 Å². The fourth-order valence-corrected chi connectivity index (χ4v) is 1.89. The molecule has 0 bridgehead atoms. The smallest absolute Gasteiger partial charge is 0.112 e. The van der Waals surface area contributed by atoms with E-state index >= 15 is 0 Å². The van der Waals surface area contributed by atoms with E-state index in [1.807, 2.05) is 18.2 Å². The van der Waals surface area contributed by atoms with E-state index in [0.29, 0.717) is 6.54 Å². The van der Waals surface area contributed by atoms with Gasteiger partial charge >= 0.3 is 0 Å². The zero-order chi connectivity index (χ0) is 10.8. The lowest BCUT2D eigenvalue weighted by atomic mass is 10.3. The van der Waals surface area contributed by atoms with Gasteiger partial charge in [0.2, 0.25) is 0 Å². The first-order valence-corrected chi connectivity index (χ1v) is 5.21. The molecular weight excluding hydrogens is 188 g/mol. The average Bonchev–Trinajstić information content (AvgIpc) is 2.58. The van der Waals surface area contributed by atoms with Crippen LogP contribution in [0.1, 0.15) is 12.7 Å². The number of hydrogen-bond donors (Lipinski definition) is 2. The second-order valence-corrected chi connectivity index (χ2v) is 3.53. The SMILES string of the molecule is CCn1c(CCN)nc2c(N)cccc21. The summed E-state index contributed by atoms with van der Waals surface area (Å²) in [5.41, 5.74) is 14.2. The molecule has 80 valence electrons. The predicted molar refractivity (Wildman–Crippen MR) is 62.6 cm³/mol. The molecule has 0 amide bonds. The molecule has 0 saturated carbocycles. The molecule has 0 aliphatic heterocycles. The van der Waals surface area contributed by atoms with Gasteiger partial charge in [-0.05, 0) is 25.6 Å². The minimum absolute atomic E-state index is 0.614. The molecule has 0 aliphatic rings. The van der Waals surface area contributed by atoms with Gasteiger partial charge in [-0.15, -0.1) is 0 Å². The number of nitrogens with two attached hydrogens (primary N) is 2. The number of imidazole rings is 1. The van der Waals surface area contributed by atoms with Crippen LogP contribution in [0.15, 0.2) is 18.2 Å². The van der Waals surface area contributed by atoms with Crippen molar-refractivity contribution >= 4 is 16.7 Å². The molecule has 0 radical (unpaired) electrons. The maximum atomic E-state index is 5.88. The molecule has 0 saturated heterocycles. The van der Waals surface area contributed by atoms with Crippen molar-refractivity contribution in [1.29, 1.82) is 0 Å². The van der Waals surface area contributed by atoms with Crippen molar-refractivity contribution in [3.05, 3.63) is 24.0 Å². The van der Waals surface area contributed by atoms with Gasteiger partial charge in [-0.2, -0.15) is 0 Å². The molecule has 0 spiro atoms. The van der Waals surface area contributed by atoms with Gasteiger partial charge in [0, 0.05) is 13.0 Å². The van der Waals surface area contributed by atoms with Gasteiger partial charge in [0.15, 0.2) is 0 Å². The molecule has 0 atom stereocenters. The Bertz CT molecular complexity index is 473. The van der Waals surface area contributed by atoms with Crippen molar-refractivity contribution < 1.29 is 0 Å². The Morgan fingerprint density at radius 1 is 1.40 bits per heavy atom. The number of nitrogens with zero attached hydrogens (tertiary/aromatic N) is 2. The van der Waals surface area contributed by atoms with Crippen LogP contribution in [0, 0.1) is 0 Å². The van der Waals surface area contributed by atoms with Crippen LogP contribution < -0.4 is 11.5 Å². The number of benzene rings is 1. The molecule has 1 heterocycles. The monoisotopic (exact) mass is 204 g/mol. The molecular formula is C11H16N4. The third kappa shape index (κ3) is 1.57. The minimum atomic E-state index is 0.614. The second kappa shape index (κ2) is 3.90. The summed E-state index contributed by atoms with van der Waals surface area (Å²) in [7, 11) is 0. The summed E-state index contributed by atoms with van der Waals surface area (Å²) in [6.45, 7) is 3.61. The van der Waals surface area contributed by atoms with E-state index in [9.17, 15) is 0 Å². The van der Waals surface area contributed by atoms with Gasteiger partial charge in [0.1, 0.15) is 11.3 Å². The molecule has 4 N–H and O–H groups in total. The lowest BCUT2D eigenvalue weighted by Gasteiger charge is -2.04. The van der Waals surface area contributed by atoms with E-state index in [0.717, 1.165) is 35.5 Å². The van der Waals surface area contributed by atoms with Crippen LogP contribution in [0.2, 0.25) is 0 Å². The maximum absolute atomic E-state index is 5.88. The fraction of sp³-hybridized carbons (Fsp3) is 0.364. The highest BCUT2D eigenvalue weighted by atomic mass is 15.1. The van der Waals surface area contributed by atoms with E-state index in [4.69, 9.17) is 11.5 Å². The number of aromatic nitrogens is 2. The third-order valence-electron chi connectivity index (χ3n) is 2.57. The lowest BCUT2D eigenvalue weighted by Crippen LogP contribution is -2.09. The number of rotatable bonds is 3. The Morgan fingerprint density at radius 3 is 2.87 bits per heavy atom. The summed E-state index contributed by atoms with van der Waals surface area (Å²) in [6.07, 6.45) is 0.794. The Kier molecular flexibility index (Phi) is 2.60. The highest BCUT2D eigenvalue weighted by Crippen LogP contribution is 2.21. The lowest BCUT2D eigenvalue weighted by molar-refractivity contribution is 0.711. The van der Waals surface area contributed by atoms with E-state index in [1.54, 1.807) is 0 Å². The summed E-state index contributed by atoms with van der Waals surface area (Å²) >= 11 is 0. The fourth-order valence-electron chi connectivity index (χ4n) is 1.89. The summed E-state index contributed by atoms with van der Waals surface area (Å²) in [4.78, 5) is 4.53. The average molecular weight is 204 g/mol. The molecule has 0 fully saturated rings. The summed E-state index contributed by atoms with van der Waals surface area (Å²) in [5, 5.41) is 0.